The zero-order valence-corrected chi connectivity index (χ0v) is 20.1. The zero-order chi connectivity index (χ0) is 26.2. The van der Waals surface area contributed by atoms with Gasteiger partial charge in [0.2, 0.25) is 10.0 Å². The van der Waals surface area contributed by atoms with Crippen molar-refractivity contribution in [3.63, 3.8) is 0 Å². The monoisotopic (exact) mass is 532 g/mol. The number of rotatable bonds is 6. The van der Waals surface area contributed by atoms with E-state index in [1.165, 1.54) is 18.5 Å². The second-order valence-electron chi connectivity index (χ2n) is 8.59. The first kappa shape index (κ1) is 24.9. The van der Waals surface area contributed by atoms with Crippen molar-refractivity contribution in [3.8, 4) is 0 Å². The van der Waals surface area contributed by atoms with Crippen LogP contribution >= 0.6 is 0 Å². The SMILES string of the molecule is O=C(Nc1n[nH]c2c1CN(S(=O)(=O)c1cc(F)cc(F)c1)CC2)c1ccncc1NC(=O)[C@H]1CCCO1. The van der Waals surface area contributed by atoms with Crippen molar-refractivity contribution in [2.45, 2.75) is 36.8 Å². The van der Waals surface area contributed by atoms with Gasteiger partial charge in [-0.05, 0) is 31.0 Å². The number of aromatic nitrogens is 3. The van der Waals surface area contributed by atoms with Gasteiger partial charge < -0.3 is 15.4 Å². The topological polar surface area (TPSA) is 146 Å². The molecular weight excluding hydrogens is 510 g/mol. The number of hydrogen-bond acceptors (Lipinski definition) is 7. The van der Waals surface area contributed by atoms with E-state index in [-0.39, 0.29) is 42.5 Å². The van der Waals surface area contributed by atoms with E-state index < -0.39 is 38.6 Å². The molecule has 4 heterocycles. The van der Waals surface area contributed by atoms with Crippen molar-refractivity contribution in [1.29, 1.82) is 0 Å². The molecule has 2 aliphatic rings. The van der Waals surface area contributed by atoms with Gasteiger partial charge in [0.15, 0.2) is 5.82 Å². The van der Waals surface area contributed by atoms with Crippen molar-refractivity contribution in [2.75, 3.05) is 23.8 Å². The Morgan fingerprint density at radius 3 is 2.68 bits per heavy atom. The number of fused-ring (bicyclic) bond motifs is 1. The number of sulfonamides is 1. The lowest BCUT2D eigenvalue weighted by Crippen LogP contribution is -2.36. The number of amides is 2. The molecule has 1 fully saturated rings. The zero-order valence-electron chi connectivity index (χ0n) is 19.3. The molecule has 1 aromatic carbocycles. The molecule has 14 heteroatoms. The van der Waals surface area contributed by atoms with E-state index in [0.29, 0.717) is 30.4 Å². The number of anilines is 2. The normalized spacial score (nSPS) is 17.8. The predicted octanol–water partition coefficient (Wildman–Crippen LogP) is 2.20. The molecule has 2 amide bonds. The summed E-state index contributed by atoms with van der Waals surface area (Å²) >= 11 is 0. The number of carbonyl (C=O) groups is 2. The first-order valence-corrected chi connectivity index (χ1v) is 12.9. The number of halogens is 2. The molecule has 5 rings (SSSR count). The largest absolute Gasteiger partial charge is 0.368 e. The Kier molecular flexibility index (Phi) is 6.70. The molecule has 1 atom stereocenters. The minimum absolute atomic E-state index is 0.0484. The summed E-state index contributed by atoms with van der Waals surface area (Å²) in [5, 5.41) is 12.2. The second kappa shape index (κ2) is 9.95. The van der Waals surface area contributed by atoms with E-state index in [4.69, 9.17) is 4.74 Å². The molecule has 3 aromatic rings. The van der Waals surface area contributed by atoms with Crippen LogP contribution in [0, 0.1) is 11.6 Å². The maximum Gasteiger partial charge on any atom is 0.259 e. The lowest BCUT2D eigenvalue weighted by Gasteiger charge is -2.26. The maximum atomic E-state index is 13.7. The molecule has 3 N–H and O–H groups in total. The number of aromatic amines is 1. The Morgan fingerprint density at radius 1 is 1.16 bits per heavy atom. The summed E-state index contributed by atoms with van der Waals surface area (Å²) in [6.07, 6.45) is 3.72. The highest BCUT2D eigenvalue weighted by Crippen LogP contribution is 2.29. The van der Waals surface area contributed by atoms with E-state index in [1.54, 1.807) is 0 Å². The van der Waals surface area contributed by atoms with Gasteiger partial charge in [0.25, 0.3) is 11.8 Å². The van der Waals surface area contributed by atoms with Crippen LogP contribution in [0.5, 0.6) is 0 Å². The average Bonchev–Trinajstić information content (AvgIpc) is 3.54. The molecule has 37 heavy (non-hydrogen) atoms. The van der Waals surface area contributed by atoms with Gasteiger partial charge in [-0.1, -0.05) is 0 Å². The highest BCUT2D eigenvalue weighted by Gasteiger charge is 2.32. The summed E-state index contributed by atoms with van der Waals surface area (Å²) in [6.45, 7) is 0.358. The standard InChI is InChI=1S/C23H22F2N6O5S/c24-13-8-14(25)10-15(9-13)37(34,35)31-6-4-18-17(12-31)21(30-29-18)28-22(32)16-3-5-26-11-19(16)27-23(33)20-2-1-7-36-20/h3,5,8-11,20H,1-2,4,6-7,12H2,(H,27,33)(H2,28,29,30,32)/t20-/m1/s1. The Morgan fingerprint density at radius 2 is 1.95 bits per heavy atom. The second-order valence-corrected chi connectivity index (χ2v) is 10.5. The van der Waals surface area contributed by atoms with Crippen LogP contribution in [0.1, 0.15) is 34.5 Å². The van der Waals surface area contributed by atoms with Crippen LogP contribution in [-0.2, 0) is 32.5 Å². The quantitative estimate of drug-likeness (QED) is 0.441. The average molecular weight is 533 g/mol. The van der Waals surface area contributed by atoms with Crippen LogP contribution in [0.2, 0.25) is 0 Å². The fourth-order valence-electron chi connectivity index (χ4n) is 4.27. The molecule has 0 saturated carbocycles. The highest BCUT2D eigenvalue weighted by molar-refractivity contribution is 7.89. The molecule has 194 valence electrons. The minimum atomic E-state index is -4.22. The van der Waals surface area contributed by atoms with Gasteiger partial charge in [-0.3, -0.25) is 19.7 Å². The Bertz CT molecular complexity index is 1450. The van der Waals surface area contributed by atoms with Crippen LogP contribution in [0.25, 0.3) is 0 Å². The van der Waals surface area contributed by atoms with Gasteiger partial charge in [-0.25, -0.2) is 17.2 Å². The van der Waals surface area contributed by atoms with E-state index in [9.17, 15) is 26.8 Å². The van der Waals surface area contributed by atoms with E-state index >= 15 is 0 Å². The van der Waals surface area contributed by atoms with Crippen molar-refractivity contribution in [1.82, 2.24) is 19.5 Å². The molecule has 1 saturated heterocycles. The number of H-pyrrole nitrogens is 1. The Labute approximate surface area is 210 Å². The van der Waals surface area contributed by atoms with Crippen LogP contribution < -0.4 is 10.6 Å². The van der Waals surface area contributed by atoms with Crippen LogP contribution in [-0.4, -0.2) is 59.0 Å². The summed E-state index contributed by atoms with van der Waals surface area (Å²) in [5.41, 5.74) is 1.34. The maximum absolute atomic E-state index is 13.7. The predicted molar refractivity (Wildman–Crippen MR) is 126 cm³/mol. The molecule has 11 nitrogen and oxygen atoms in total. The van der Waals surface area contributed by atoms with Gasteiger partial charge in [0.1, 0.15) is 17.7 Å². The van der Waals surface area contributed by atoms with Crippen LogP contribution in [0.4, 0.5) is 20.3 Å². The van der Waals surface area contributed by atoms with E-state index in [2.05, 4.69) is 25.8 Å². The number of benzene rings is 1. The van der Waals surface area contributed by atoms with Crippen molar-refractivity contribution < 1.29 is 31.5 Å². The van der Waals surface area contributed by atoms with Crippen LogP contribution in [0.15, 0.2) is 41.6 Å². The Hall–Kier alpha value is -3.75. The lowest BCUT2D eigenvalue weighted by atomic mass is 10.1. The minimum Gasteiger partial charge on any atom is -0.368 e. The van der Waals surface area contributed by atoms with E-state index in [0.717, 1.165) is 22.9 Å². The van der Waals surface area contributed by atoms with Gasteiger partial charge in [-0.2, -0.15) is 9.40 Å². The molecule has 0 unspecified atom stereocenters. The summed E-state index contributed by atoms with van der Waals surface area (Å²) in [5.74, 6) is -2.91. The molecular formula is C23H22F2N6O5S. The Balaban J connectivity index is 1.35. The summed E-state index contributed by atoms with van der Waals surface area (Å²) in [4.78, 5) is 29.0. The van der Waals surface area contributed by atoms with Gasteiger partial charge in [0.05, 0.1) is 22.3 Å². The number of carbonyl (C=O) groups excluding carboxylic acids is 2. The molecule has 0 bridgehead atoms. The summed E-state index contributed by atoms with van der Waals surface area (Å²) in [6, 6.07) is 3.52. The molecule has 2 aliphatic heterocycles. The van der Waals surface area contributed by atoms with Crippen LogP contribution in [0.3, 0.4) is 0 Å². The number of hydrogen-bond donors (Lipinski definition) is 3. The lowest BCUT2D eigenvalue weighted by molar-refractivity contribution is -0.124. The number of ether oxygens (including phenoxy) is 1. The van der Waals surface area contributed by atoms with E-state index in [1.807, 2.05) is 0 Å². The van der Waals surface area contributed by atoms with Crippen molar-refractivity contribution in [3.05, 3.63) is 65.1 Å². The third-order valence-corrected chi connectivity index (χ3v) is 7.97. The van der Waals surface area contributed by atoms with Gasteiger partial charge in [-0.15, -0.1) is 0 Å². The van der Waals surface area contributed by atoms with Crippen molar-refractivity contribution in [2.24, 2.45) is 0 Å². The number of nitrogens with one attached hydrogen (secondary N) is 3. The smallest absolute Gasteiger partial charge is 0.259 e. The third-order valence-electron chi connectivity index (χ3n) is 6.15. The first-order chi connectivity index (χ1) is 17.7. The van der Waals surface area contributed by atoms with Gasteiger partial charge >= 0.3 is 0 Å². The molecule has 2 aromatic heterocycles. The highest BCUT2D eigenvalue weighted by atomic mass is 32.2. The molecule has 0 aliphatic carbocycles. The summed E-state index contributed by atoms with van der Waals surface area (Å²) in [7, 11) is -4.22. The van der Waals surface area contributed by atoms with Crippen molar-refractivity contribution >= 4 is 33.3 Å². The molecule has 0 spiro atoms. The number of pyridine rings is 1. The fourth-order valence-corrected chi connectivity index (χ4v) is 5.72. The third kappa shape index (κ3) is 5.08. The number of nitrogens with zero attached hydrogens (tertiary/aromatic N) is 3. The first-order valence-electron chi connectivity index (χ1n) is 11.4. The fraction of sp³-hybridized carbons (Fsp3) is 0.304. The molecule has 0 radical (unpaired) electrons. The van der Waals surface area contributed by atoms with Gasteiger partial charge in [0, 0.05) is 49.6 Å². The summed E-state index contributed by atoms with van der Waals surface area (Å²) < 4.78 is 59.9.